The molecular weight excluding hydrogens is 246 g/mol. The Hall–Kier alpha value is -1.95. The third-order valence-electron chi connectivity index (χ3n) is 2.82. The average Bonchev–Trinajstić information content (AvgIpc) is 2.39. The summed E-state index contributed by atoms with van der Waals surface area (Å²) in [7, 11) is 1.81. The van der Waals surface area contributed by atoms with Crippen molar-refractivity contribution in [3.05, 3.63) is 39.9 Å². The molecule has 1 aromatic carbocycles. The van der Waals surface area contributed by atoms with Gasteiger partial charge in [-0.1, -0.05) is 19.1 Å². The van der Waals surface area contributed by atoms with Gasteiger partial charge < -0.3 is 10.6 Å². The van der Waals surface area contributed by atoms with Crippen LogP contribution in [0.5, 0.6) is 0 Å². The third-order valence-corrected chi connectivity index (χ3v) is 2.82. The summed E-state index contributed by atoms with van der Waals surface area (Å²) in [6.07, 6.45) is 0.663. The Labute approximate surface area is 112 Å². The molecule has 0 aliphatic carbocycles. The summed E-state index contributed by atoms with van der Waals surface area (Å²) < 4.78 is 0. The second-order valence-corrected chi connectivity index (χ2v) is 4.42. The molecule has 0 aromatic heterocycles. The molecule has 0 aliphatic rings. The van der Waals surface area contributed by atoms with Crippen LogP contribution in [0.1, 0.15) is 12.5 Å². The van der Waals surface area contributed by atoms with Gasteiger partial charge in [-0.2, -0.15) is 0 Å². The van der Waals surface area contributed by atoms with Crippen molar-refractivity contribution in [1.82, 2.24) is 10.6 Å². The van der Waals surface area contributed by atoms with Gasteiger partial charge in [-0.15, -0.1) is 0 Å². The summed E-state index contributed by atoms with van der Waals surface area (Å²) in [4.78, 5) is 21.7. The number of amides is 1. The zero-order valence-electron chi connectivity index (χ0n) is 11.2. The monoisotopic (exact) mass is 265 g/mol. The van der Waals surface area contributed by atoms with Gasteiger partial charge >= 0.3 is 0 Å². The number of benzene rings is 1. The first-order chi connectivity index (χ1) is 9.04. The van der Waals surface area contributed by atoms with E-state index in [0.29, 0.717) is 19.5 Å². The Morgan fingerprint density at radius 2 is 2.00 bits per heavy atom. The van der Waals surface area contributed by atoms with E-state index in [1.807, 2.05) is 6.92 Å². The first kappa shape index (κ1) is 15.1. The SMILES string of the molecule is CNCC(C)C(=O)NCCc1ccc([N+](=O)[O-])cc1. The van der Waals surface area contributed by atoms with E-state index in [2.05, 4.69) is 10.6 Å². The molecule has 0 fully saturated rings. The number of nitro benzene ring substituents is 1. The average molecular weight is 265 g/mol. The molecule has 6 heteroatoms. The number of carbonyl (C=O) groups excluding carboxylic acids is 1. The van der Waals surface area contributed by atoms with Crippen molar-refractivity contribution >= 4 is 11.6 Å². The molecule has 1 rings (SSSR count). The van der Waals surface area contributed by atoms with Gasteiger partial charge in [0.1, 0.15) is 0 Å². The Balaban J connectivity index is 2.37. The summed E-state index contributed by atoms with van der Waals surface area (Å²) in [6, 6.07) is 6.37. The van der Waals surface area contributed by atoms with Gasteiger partial charge in [0.05, 0.1) is 4.92 Å². The van der Waals surface area contributed by atoms with Crippen LogP contribution in [-0.4, -0.2) is 31.0 Å². The molecule has 0 radical (unpaired) electrons. The number of nitrogens with one attached hydrogen (secondary N) is 2. The highest BCUT2D eigenvalue weighted by molar-refractivity contribution is 5.78. The fourth-order valence-corrected chi connectivity index (χ4v) is 1.69. The van der Waals surface area contributed by atoms with E-state index in [1.165, 1.54) is 12.1 Å². The smallest absolute Gasteiger partial charge is 0.269 e. The molecule has 0 saturated heterocycles. The van der Waals surface area contributed by atoms with Crippen LogP contribution in [0.2, 0.25) is 0 Å². The van der Waals surface area contributed by atoms with Gasteiger partial charge in [-0.25, -0.2) is 0 Å². The number of rotatable bonds is 7. The molecule has 1 atom stereocenters. The van der Waals surface area contributed by atoms with Crippen molar-refractivity contribution in [2.24, 2.45) is 5.92 Å². The minimum absolute atomic E-state index is 0.0104. The molecular formula is C13H19N3O3. The third kappa shape index (κ3) is 5.05. The highest BCUT2D eigenvalue weighted by Crippen LogP contribution is 2.11. The normalized spacial score (nSPS) is 11.9. The number of nitro groups is 1. The number of hydrogen-bond acceptors (Lipinski definition) is 4. The van der Waals surface area contributed by atoms with E-state index >= 15 is 0 Å². The van der Waals surface area contributed by atoms with Gasteiger partial charge in [0, 0.05) is 31.1 Å². The largest absolute Gasteiger partial charge is 0.355 e. The summed E-state index contributed by atoms with van der Waals surface area (Å²) in [5, 5.41) is 16.3. The van der Waals surface area contributed by atoms with Crippen molar-refractivity contribution < 1.29 is 9.72 Å². The van der Waals surface area contributed by atoms with Crippen LogP contribution >= 0.6 is 0 Å². The molecule has 6 nitrogen and oxygen atoms in total. The van der Waals surface area contributed by atoms with Crippen molar-refractivity contribution in [2.75, 3.05) is 20.1 Å². The lowest BCUT2D eigenvalue weighted by Crippen LogP contribution is -2.35. The Bertz CT molecular complexity index is 431. The van der Waals surface area contributed by atoms with E-state index < -0.39 is 4.92 Å². The second kappa shape index (κ2) is 7.48. The molecule has 0 heterocycles. The Morgan fingerprint density at radius 3 is 2.53 bits per heavy atom. The van der Waals surface area contributed by atoms with Crippen molar-refractivity contribution in [3.8, 4) is 0 Å². The van der Waals surface area contributed by atoms with Gasteiger partial charge in [-0.3, -0.25) is 14.9 Å². The summed E-state index contributed by atoms with van der Waals surface area (Å²) in [6.45, 7) is 3.03. The van der Waals surface area contributed by atoms with E-state index in [-0.39, 0.29) is 17.5 Å². The van der Waals surface area contributed by atoms with Crippen LogP contribution in [0.4, 0.5) is 5.69 Å². The summed E-state index contributed by atoms with van der Waals surface area (Å²) in [5.74, 6) is -0.0573. The molecule has 0 spiro atoms. The van der Waals surface area contributed by atoms with Crippen LogP contribution in [0.25, 0.3) is 0 Å². The quantitative estimate of drug-likeness (QED) is 0.571. The molecule has 0 aliphatic heterocycles. The molecule has 1 amide bonds. The molecule has 19 heavy (non-hydrogen) atoms. The fourth-order valence-electron chi connectivity index (χ4n) is 1.69. The van der Waals surface area contributed by atoms with E-state index in [0.717, 1.165) is 5.56 Å². The molecule has 2 N–H and O–H groups in total. The van der Waals surface area contributed by atoms with Crippen molar-refractivity contribution in [3.63, 3.8) is 0 Å². The number of nitrogens with zero attached hydrogens (tertiary/aromatic N) is 1. The van der Waals surface area contributed by atoms with Gasteiger partial charge in [0.2, 0.25) is 5.91 Å². The molecule has 0 saturated carbocycles. The molecule has 0 bridgehead atoms. The Morgan fingerprint density at radius 1 is 1.37 bits per heavy atom. The molecule has 104 valence electrons. The lowest BCUT2D eigenvalue weighted by atomic mass is 10.1. The highest BCUT2D eigenvalue weighted by Gasteiger charge is 2.10. The summed E-state index contributed by atoms with van der Waals surface area (Å²) in [5.41, 5.74) is 1.04. The topological polar surface area (TPSA) is 84.3 Å². The standard InChI is InChI=1S/C13H19N3O3/c1-10(9-14-2)13(17)15-8-7-11-3-5-12(6-4-11)16(18)19/h3-6,10,14H,7-9H2,1-2H3,(H,15,17). The maximum absolute atomic E-state index is 11.6. The molecule has 1 aromatic rings. The number of hydrogen-bond donors (Lipinski definition) is 2. The first-order valence-corrected chi connectivity index (χ1v) is 6.20. The van der Waals surface area contributed by atoms with Crippen LogP contribution in [0.3, 0.4) is 0 Å². The first-order valence-electron chi connectivity index (χ1n) is 6.20. The predicted molar refractivity (Wildman–Crippen MR) is 72.9 cm³/mol. The highest BCUT2D eigenvalue weighted by atomic mass is 16.6. The predicted octanol–water partition coefficient (Wildman–Crippen LogP) is 1.11. The van der Waals surface area contributed by atoms with Gasteiger partial charge in [0.15, 0.2) is 0 Å². The van der Waals surface area contributed by atoms with Gasteiger partial charge in [0.25, 0.3) is 5.69 Å². The fraction of sp³-hybridized carbons (Fsp3) is 0.462. The van der Waals surface area contributed by atoms with E-state index in [1.54, 1.807) is 19.2 Å². The number of carbonyl (C=O) groups is 1. The minimum Gasteiger partial charge on any atom is -0.355 e. The van der Waals surface area contributed by atoms with Gasteiger partial charge in [-0.05, 0) is 19.0 Å². The van der Waals surface area contributed by atoms with Crippen molar-refractivity contribution in [2.45, 2.75) is 13.3 Å². The maximum atomic E-state index is 11.6. The van der Waals surface area contributed by atoms with Crippen LogP contribution < -0.4 is 10.6 Å². The molecule has 1 unspecified atom stereocenters. The van der Waals surface area contributed by atoms with Crippen LogP contribution in [-0.2, 0) is 11.2 Å². The van der Waals surface area contributed by atoms with Crippen LogP contribution in [0, 0.1) is 16.0 Å². The summed E-state index contributed by atoms with van der Waals surface area (Å²) >= 11 is 0. The minimum atomic E-state index is -0.426. The van der Waals surface area contributed by atoms with Crippen molar-refractivity contribution in [1.29, 1.82) is 0 Å². The Kier molecular flexibility index (Phi) is 5.95. The van der Waals surface area contributed by atoms with E-state index in [9.17, 15) is 14.9 Å². The number of non-ortho nitro benzene ring substituents is 1. The van der Waals surface area contributed by atoms with Crippen LogP contribution in [0.15, 0.2) is 24.3 Å². The lowest BCUT2D eigenvalue weighted by Gasteiger charge is -2.11. The zero-order chi connectivity index (χ0) is 14.3. The zero-order valence-corrected chi connectivity index (χ0v) is 11.2. The lowest BCUT2D eigenvalue weighted by molar-refractivity contribution is -0.384. The second-order valence-electron chi connectivity index (χ2n) is 4.42. The maximum Gasteiger partial charge on any atom is 0.269 e. The van der Waals surface area contributed by atoms with E-state index in [4.69, 9.17) is 0 Å².